The zero-order valence-corrected chi connectivity index (χ0v) is 16.0. The Bertz CT molecular complexity index is 1150. The van der Waals surface area contributed by atoms with Gasteiger partial charge in [-0.2, -0.15) is 5.10 Å². The van der Waals surface area contributed by atoms with E-state index in [4.69, 9.17) is 4.98 Å². The number of fused-ring (bicyclic) bond motifs is 1. The number of anilines is 2. The van der Waals surface area contributed by atoms with Crippen molar-refractivity contribution in [2.45, 2.75) is 19.8 Å². The Labute approximate surface area is 167 Å². The van der Waals surface area contributed by atoms with Crippen LogP contribution in [0.25, 0.3) is 5.65 Å². The van der Waals surface area contributed by atoms with Gasteiger partial charge in [-0.1, -0.05) is 18.2 Å². The van der Waals surface area contributed by atoms with Crippen LogP contribution in [-0.2, 0) is 0 Å². The Morgan fingerprint density at radius 3 is 2.62 bits per heavy atom. The Balaban J connectivity index is 1.70. The molecule has 0 aliphatic carbocycles. The maximum Gasteiger partial charge on any atom is 0.268 e. The minimum atomic E-state index is -1.24. The molecule has 3 aromatic rings. The third-order valence-corrected chi connectivity index (χ3v) is 4.98. The van der Waals surface area contributed by atoms with E-state index in [1.807, 2.05) is 19.1 Å². The average Bonchev–Trinajstić information content (AvgIpc) is 3.25. The molecule has 148 valence electrons. The lowest BCUT2D eigenvalue weighted by atomic mass is 10.2. The van der Waals surface area contributed by atoms with Crippen LogP contribution < -0.4 is 21.0 Å². The molecule has 1 N–H and O–H groups in total. The molecule has 0 saturated carbocycles. The van der Waals surface area contributed by atoms with Crippen molar-refractivity contribution in [3.8, 4) is 0 Å². The predicted molar refractivity (Wildman–Crippen MR) is 110 cm³/mol. The number of aryl methyl sites for hydroxylation is 1. The van der Waals surface area contributed by atoms with Crippen molar-refractivity contribution in [3.63, 3.8) is 0 Å². The molecule has 1 aromatic carbocycles. The van der Waals surface area contributed by atoms with Gasteiger partial charge in [0.25, 0.3) is 5.56 Å². The first kappa shape index (κ1) is 18.7. The van der Waals surface area contributed by atoms with Crippen molar-refractivity contribution in [2.75, 3.05) is 23.4 Å². The molecule has 0 unspecified atom stereocenters. The van der Waals surface area contributed by atoms with Gasteiger partial charge in [-0.05, 0) is 49.1 Å². The normalized spacial score (nSPS) is 14.0. The van der Waals surface area contributed by atoms with Crippen molar-refractivity contribution >= 4 is 29.3 Å². The minimum absolute atomic E-state index is 0.0863. The van der Waals surface area contributed by atoms with Gasteiger partial charge in [-0.3, -0.25) is 14.6 Å². The molecule has 8 heteroatoms. The molecular formula is C21H20N5O3-. The van der Waals surface area contributed by atoms with Crippen LogP contribution in [0.3, 0.4) is 0 Å². The summed E-state index contributed by atoms with van der Waals surface area (Å²) in [6, 6.07) is 9.77. The summed E-state index contributed by atoms with van der Waals surface area (Å²) >= 11 is 0. The number of carbonyl (C=O) groups excluding carboxylic acids is 1. The lowest BCUT2D eigenvalue weighted by Crippen LogP contribution is -2.28. The molecule has 1 aliphatic heterocycles. The van der Waals surface area contributed by atoms with Crippen molar-refractivity contribution in [1.82, 2.24) is 9.38 Å². The lowest BCUT2D eigenvalue weighted by molar-refractivity contribution is -0.255. The Hall–Kier alpha value is -3.68. The summed E-state index contributed by atoms with van der Waals surface area (Å²) in [5.41, 5.74) is 5.31. The van der Waals surface area contributed by atoms with E-state index < -0.39 is 5.97 Å². The van der Waals surface area contributed by atoms with Crippen molar-refractivity contribution < 1.29 is 9.90 Å². The van der Waals surface area contributed by atoms with Gasteiger partial charge in [-0.25, -0.2) is 4.98 Å². The predicted octanol–water partition coefficient (Wildman–Crippen LogP) is 1.41. The number of rotatable bonds is 5. The number of aromatic carboxylic acids is 1. The van der Waals surface area contributed by atoms with Gasteiger partial charge >= 0.3 is 0 Å². The molecule has 0 amide bonds. The molecule has 3 heterocycles. The number of hydrogen-bond donors (Lipinski definition) is 1. The molecule has 0 atom stereocenters. The van der Waals surface area contributed by atoms with Gasteiger partial charge in [0.1, 0.15) is 17.0 Å². The molecule has 1 saturated heterocycles. The maximum absolute atomic E-state index is 13.1. The van der Waals surface area contributed by atoms with Crippen molar-refractivity contribution in [1.29, 1.82) is 0 Å². The van der Waals surface area contributed by atoms with Gasteiger partial charge in [0.05, 0.1) is 17.9 Å². The average molecular weight is 390 g/mol. The van der Waals surface area contributed by atoms with Crippen LogP contribution in [0.15, 0.2) is 52.5 Å². The second-order valence-corrected chi connectivity index (χ2v) is 6.97. The number of pyridine rings is 1. The molecule has 0 spiro atoms. The number of aromatic nitrogens is 2. The van der Waals surface area contributed by atoms with E-state index in [9.17, 15) is 14.7 Å². The quantitative estimate of drug-likeness (QED) is 0.522. The summed E-state index contributed by atoms with van der Waals surface area (Å²) in [5, 5.41) is 15.0. The number of hydrazone groups is 1. The molecular weight excluding hydrogens is 370 g/mol. The van der Waals surface area contributed by atoms with Crippen LogP contribution in [0.1, 0.15) is 34.3 Å². The second kappa shape index (κ2) is 7.75. The van der Waals surface area contributed by atoms with Gasteiger partial charge in [-0.15, -0.1) is 0 Å². The molecule has 0 bridgehead atoms. The van der Waals surface area contributed by atoms with Crippen LogP contribution >= 0.6 is 0 Å². The monoisotopic (exact) mass is 390 g/mol. The molecule has 4 rings (SSSR count). The van der Waals surface area contributed by atoms with E-state index in [0.29, 0.717) is 22.7 Å². The van der Waals surface area contributed by atoms with Crippen molar-refractivity contribution in [3.05, 3.63) is 69.6 Å². The number of carbonyl (C=O) groups is 1. The first-order chi connectivity index (χ1) is 14.0. The highest BCUT2D eigenvalue weighted by Gasteiger charge is 2.20. The minimum Gasteiger partial charge on any atom is -0.545 e. The number of carboxylic acids is 1. The van der Waals surface area contributed by atoms with E-state index >= 15 is 0 Å². The molecule has 1 fully saturated rings. The van der Waals surface area contributed by atoms with E-state index in [2.05, 4.69) is 15.4 Å². The summed E-state index contributed by atoms with van der Waals surface area (Å²) in [5.74, 6) is -0.597. The second-order valence-electron chi connectivity index (χ2n) is 6.97. The standard InChI is InChI=1S/C21H21N5O3/c1-14-5-4-12-26-18(14)23-19(25-10-2-3-11-25)17(20(26)27)13-22-24-16-8-6-15(7-9-16)21(28)29/h4-9,12-13,24H,2-3,10-11H2,1H3,(H,28,29)/p-1/b22-13-. The first-order valence-electron chi connectivity index (χ1n) is 9.42. The smallest absolute Gasteiger partial charge is 0.268 e. The first-order valence-corrected chi connectivity index (χ1v) is 9.42. The molecule has 8 nitrogen and oxygen atoms in total. The number of nitrogens with zero attached hydrogens (tertiary/aromatic N) is 4. The van der Waals surface area contributed by atoms with Crippen LogP contribution in [-0.4, -0.2) is 34.7 Å². The van der Waals surface area contributed by atoms with E-state index in [0.717, 1.165) is 31.5 Å². The topological polar surface area (TPSA) is 102 Å². The summed E-state index contributed by atoms with van der Waals surface area (Å²) in [7, 11) is 0. The van der Waals surface area contributed by atoms with Gasteiger partial charge in [0.2, 0.25) is 0 Å². The van der Waals surface area contributed by atoms with Crippen molar-refractivity contribution in [2.24, 2.45) is 5.10 Å². The summed E-state index contributed by atoms with van der Waals surface area (Å²) in [6.45, 7) is 3.64. The summed E-state index contributed by atoms with van der Waals surface area (Å²) in [6.07, 6.45) is 5.31. The van der Waals surface area contributed by atoms with Crippen LogP contribution in [0.2, 0.25) is 0 Å². The van der Waals surface area contributed by atoms with Gasteiger partial charge in [0.15, 0.2) is 0 Å². The zero-order valence-electron chi connectivity index (χ0n) is 16.0. The van der Waals surface area contributed by atoms with E-state index in [1.54, 1.807) is 18.3 Å². The molecule has 1 aliphatic rings. The number of nitrogens with one attached hydrogen (secondary N) is 1. The van der Waals surface area contributed by atoms with Crippen LogP contribution in [0, 0.1) is 6.92 Å². The number of carboxylic acid groups (broad SMARTS) is 1. The number of hydrogen-bond acceptors (Lipinski definition) is 7. The molecule has 29 heavy (non-hydrogen) atoms. The van der Waals surface area contributed by atoms with Crippen LogP contribution in [0.5, 0.6) is 0 Å². The van der Waals surface area contributed by atoms with Crippen LogP contribution in [0.4, 0.5) is 11.5 Å². The zero-order chi connectivity index (χ0) is 20.4. The number of benzene rings is 1. The lowest BCUT2D eigenvalue weighted by Gasteiger charge is -2.19. The fourth-order valence-electron chi connectivity index (χ4n) is 3.44. The van der Waals surface area contributed by atoms with E-state index in [1.165, 1.54) is 22.7 Å². The van der Waals surface area contributed by atoms with Gasteiger partial charge < -0.3 is 14.8 Å². The van der Waals surface area contributed by atoms with E-state index in [-0.39, 0.29) is 11.1 Å². The highest BCUT2D eigenvalue weighted by atomic mass is 16.4. The van der Waals surface area contributed by atoms with Gasteiger partial charge in [0, 0.05) is 19.3 Å². The maximum atomic E-state index is 13.1. The largest absolute Gasteiger partial charge is 0.545 e. The summed E-state index contributed by atoms with van der Waals surface area (Å²) in [4.78, 5) is 30.8. The highest BCUT2D eigenvalue weighted by Crippen LogP contribution is 2.21. The Morgan fingerprint density at radius 1 is 1.21 bits per heavy atom. The Kier molecular flexibility index (Phi) is 4.99. The molecule has 0 radical (unpaired) electrons. The fraction of sp³-hybridized carbons (Fsp3) is 0.238. The third-order valence-electron chi connectivity index (χ3n) is 4.98. The summed E-state index contributed by atoms with van der Waals surface area (Å²) < 4.78 is 1.53. The fourth-order valence-corrected chi connectivity index (χ4v) is 3.44. The highest BCUT2D eigenvalue weighted by molar-refractivity contribution is 5.88. The molecule has 2 aromatic heterocycles. The Morgan fingerprint density at radius 2 is 1.93 bits per heavy atom. The third kappa shape index (κ3) is 3.69. The SMILES string of the molecule is Cc1cccn2c(=O)c(/C=N\Nc3ccc(C(=O)[O-])cc3)c(N3CCCC3)nc12.